The summed E-state index contributed by atoms with van der Waals surface area (Å²) in [6, 6.07) is 8.37. The van der Waals surface area contributed by atoms with Gasteiger partial charge in [0.2, 0.25) is 0 Å². The van der Waals surface area contributed by atoms with E-state index in [9.17, 15) is 9.90 Å². The number of anilines is 1. The lowest BCUT2D eigenvalue weighted by Crippen LogP contribution is -2.57. The molecule has 48 heavy (non-hydrogen) atoms. The van der Waals surface area contributed by atoms with Gasteiger partial charge >= 0.3 is 12.1 Å². The van der Waals surface area contributed by atoms with Crippen LogP contribution in [0.4, 0.5) is 15.0 Å². The fourth-order valence-corrected chi connectivity index (χ4v) is 8.70. The predicted molar refractivity (Wildman–Crippen MR) is 182 cm³/mol. The molecule has 10 nitrogen and oxygen atoms in total. The third kappa shape index (κ3) is 5.35. The van der Waals surface area contributed by atoms with Gasteiger partial charge in [-0.05, 0) is 96.0 Å². The number of halogens is 2. The highest BCUT2D eigenvalue weighted by molar-refractivity contribution is 6.36. The summed E-state index contributed by atoms with van der Waals surface area (Å²) in [6.07, 6.45) is 7.33. The molecule has 4 fully saturated rings. The van der Waals surface area contributed by atoms with Crippen molar-refractivity contribution < 1.29 is 23.8 Å². The second-order valence-electron chi connectivity index (χ2n) is 14.7. The summed E-state index contributed by atoms with van der Waals surface area (Å²) >= 11 is 6.61. The number of fused-ring (bicyclic) bond motifs is 5. The zero-order valence-electron chi connectivity index (χ0n) is 27.5. The van der Waals surface area contributed by atoms with Crippen LogP contribution >= 0.6 is 11.6 Å². The summed E-state index contributed by atoms with van der Waals surface area (Å²) in [5, 5.41) is 12.7. The molecule has 0 saturated carbocycles. The molecule has 0 aliphatic carbocycles. The van der Waals surface area contributed by atoms with Crippen molar-refractivity contribution in [3.63, 3.8) is 0 Å². The fourth-order valence-electron chi connectivity index (χ4n) is 8.42. The molecule has 252 valence electrons. The largest absolute Gasteiger partial charge is 0.508 e. The molecule has 12 heteroatoms. The summed E-state index contributed by atoms with van der Waals surface area (Å²) in [6.45, 7) is 9.18. The number of phenolic OH excluding ortho intramolecular Hbond substituents is 1. The molecular weight excluding hydrogens is 635 g/mol. The van der Waals surface area contributed by atoms with Crippen LogP contribution in [0.5, 0.6) is 11.8 Å². The Morgan fingerprint density at radius 3 is 2.54 bits per heavy atom. The minimum atomic E-state index is -0.648. The first-order chi connectivity index (χ1) is 23.0. The molecule has 6 heterocycles. The number of aromatic hydroxyl groups is 1. The Kier molecular flexibility index (Phi) is 7.56. The summed E-state index contributed by atoms with van der Waals surface area (Å²) in [5.41, 5.74) is -0.165. The van der Waals surface area contributed by atoms with Crippen molar-refractivity contribution in [2.75, 3.05) is 37.7 Å². The van der Waals surface area contributed by atoms with Crippen LogP contribution in [0.1, 0.15) is 59.3 Å². The van der Waals surface area contributed by atoms with E-state index in [0.29, 0.717) is 52.3 Å². The van der Waals surface area contributed by atoms with E-state index in [4.69, 9.17) is 26.1 Å². The Hall–Kier alpha value is -3.96. The third-order valence-corrected chi connectivity index (χ3v) is 10.8. The van der Waals surface area contributed by atoms with E-state index < -0.39 is 11.4 Å². The smallest absolute Gasteiger partial charge is 0.410 e. The van der Waals surface area contributed by atoms with E-state index in [2.05, 4.69) is 19.8 Å². The molecule has 2 unspecified atom stereocenters. The van der Waals surface area contributed by atoms with Crippen molar-refractivity contribution in [1.29, 1.82) is 0 Å². The van der Waals surface area contributed by atoms with Crippen molar-refractivity contribution in [3.8, 4) is 23.0 Å². The number of piperazine rings is 1. The number of pyridine rings is 1. The quantitative estimate of drug-likeness (QED) is 0.241. The van der Waals surface area contributed by atoms with Crippen LogP contribution < -0.4 is 9.64 Å². The van der Waals surface area contributed by atoms with Gasteiger partial charge in [-0.3, -0.25) is 14.8 Å². The van der Waals surface area contributed by atoms with Gasteiger partial charge in [0.15, 0.2) is 5.82 Å². The molecular formula is C36H40ClFN6O4. The fraction of sp³-hybridized carbons (Fsp3) is 0.500. The maximum absolute atomic E-state index is 16.9. The molecule has 2 bridgehead atoms. The number of amides is 1. The molecule has 2 aromatic heterocycles. The van der Waals surface area contributed by atoms with Gasteiger partial charge in [-0.15, -0.1) is 0 Å². The lowest BCUT2D eigenvalue weighted by molar-refractivity contribution is 0.0122. The van der Waals surface area contributed by atoms with Crippen LogP contribution in [0.3, 0.4) is 0 Å². The van der Waals surface area contributed by atoms with E-state index in [-0.39, 0.29) is 46.7 Å². The highest BCUT2D eigenvalue weighted by atomic mass is 35.5. The Morgan fingerprint density at radius 2 is 1.83 bits per heavy atom. The monoisotopic (exact) mass is 674 g/mol. The van der Waals surface area contributed by atoms with Gasteiger partial charge in [0.1, 0.15) is 35.0 Å². The molecule has 4 saturated heterocycles. The summed E-state index contributed by atoms with van der Waals surface area (Å²) < 4.78 is 29.0. The summed E-state index contributed by atoms with van der Waals surface area (Å²) in [4.78, 5) is 33.9. The number of nitrogens with zero attached hydrogens (tertiary/aromatic N) is 6. The van der Waals surface area contributed by atoms with Crippen LogP contribution in [-0.2, 0) is 4.74 Å². The number of rotatable bonds is 5. The number of phenols is 1. The number of aromatic nitrogens is 3. The van der Waals surface area contributed by atoms with Crippen LogP contribution in [0.2, 0.25) is 5.02 Å². The molecule has 8 rings (SSSR count). The number of carbonyl (C=O) groups excluding carboxylic acids is 1. The van der Waals surface area contributed by atoms with Crippen molar-refractivity contribution in [2.45, 2.75) is 82.5 Å². The van der Waals surface area contributed by atoms with Crippen LogP contribution in [0, 0.1) is 5.82 Å². The van der Waals surface area contributed by atoms with Gasteiger partial charge in [-0.25, -0.2) is 9.18 Å². The molecule has 2 aromatic carbocycles. The normalized spacial score (nSPS) is 22.1. The van der Waals surface area contributed by atoms with Gasteiger partial charge in [0.05, 0.1) is 23.0 Å². The van der Waals surface area contributed by atoms with E-state index in [1.54, 1.807) is 24.4 Å². The number of hydrogen-bond acceptors (Lipinski definition) is 9. The topological polar surface area (TPSA) is 104 Å². The second-order valence-corrected chi connectivity index (χ2v) is 15.1. The average Bonchev–Trinajstić information content (AvgIpc) is 3.69. The molecule has 0 spiro atoms. The Bertz CT molecular complexity index is 1910. The van der Waals surface area contributed by atoms with Gasteiger partial charge < -0.3 is 19.5 Å². The zero-order chi connectivity index (χ0) is 33.4. The van der Waals surface area contributed by atoms with Gasteiger partial charge in [-0.2, -0.15) is 9.97 Å². The standard InChI is InChI=1S/C36H40ClFN6O4/c1-35(2,3)48-34(46)44-22-9-10-23(44)19-42(18-22)32-26-17-39-30(25-16-24(45)15-21-7-4-8-27(37)28(21)25)29(38)31(26)40-33(41-32)47-20-36-11-5-13-43(36)14-6-12-36/h4,7-8,15-17,22-23,45H,5-6,9-14,18-20H2,1-3H3. The SMILES string of the molecule is CC(C)(C)OC(=O)N1C2CCC1CN(c1nc(OCC34CCCN3CCC4)nc3c(F)c(-c4cc(O)cc5cccc(Cl)c45)ncc13)C2. The molecule has 4 aliphatic heterocycles. The lowest BCUT2D eigenvalue weighted by atomic mass is 9.95. The summed E-state index contributed by atoms with van der Waals surface area (Å²) in [5.74, 6) is -0.145. The zero-order valence-corrected chi connectivity index (χ0v) is 28.3. The number of benzene rings is 2. The molecule has 1 N–H and O–H groups in total. The Balaban J connectivity index is 1.21. The first-order valence-electron chi connectivity index (χ1n) is 16.9. The highest BCUT2D eigenvalue weighted by Gasteiger charge is 2.46. The maximum Gasteiger partial charge on any atom is 0.410 e. The van der Waals surface area contributed by atoms with Gasteiger partial charge in [0, 0.05) is 35.3 Å². The number of ether oxygens (including phenoxy) is 2. The summed E-state index contributed by atoms with van der Waals surface area (Å²) in [7, 11) is 0. The minimum Gasteiger partial charge on any atom is -0.508 e. The van der Waals surface area contributed by atoms with E-state index in [0.717, 1.165) is 51.6 Å². The lowest BCUT2D eigenvalue weighted by Gasteiger charge is -2.42. The van der Waals surface area contributed by atoms with E-state index >= 15 is 4.39 Å². The van der Waals surface area contributed by atoms with Gasteiger partial charge in [0.25, 0.3) is 0 Å². The second kappa shape index (κ2) is 11.6. The number of hydrogen-bond donors (Lipinski definition) is 1. The van der Waals surface area contributed by atoms with Crippen LogP contribution in [0.15, 0.2) is 36.5 Å². The van der Waals surface area contributed by atoms with Gasteiger partial charge in [-0.1, -0.05) is 23.7 Å². The molecule has 4 aromatic rings. The van der Waals surface area contributed by atoms with E-state index in [1.165, 1.54) is 6.07 Å². The Morgan fingerprint density at radius 1 is 1.10 bits per heavy atom. The third-order valence-electron chi connectivity index (χ3n) is 10.5. The van der Waals surface area contributed by atoms with Crippen LogP contribution in [0.25, 0.3) is 32.9 Å². The van der Waals surface area contributed by atoms with E-state index in [1.807, 2.05) is 31.7 Å². The first kappa shape index (κ1) is 31.3. The molecule has 2 atom stereocenters. The molecule has 0 radical (unpaired) electrons. The van der Waals surface area contributed by atoms with Crippen LogP contribution in [-0.4, -0.2) is 92.0 Å². The molecule has 4 aliphatic rings. The van der Waals surface area contributed by atoms with Crippen molar-refractivity contribution in [2.24, 2.45) is 0 Å². The molecule has 1 amide bonds. The van der Waals surface area contributed by atoms with Crippen molar-refractivity contribution in [3.05, 3.63) is 47.4 Å². The Labute approximate surface area is 283 Å². The number of carbonyl (C=O) groups is 1. The van der Waals surface area contributed by atoms with Crippen molar-refractivity contribution in [1.82, 2.24) is 24.8 Å². The predicted octanol–water partition coefficient (Wildman–Crippen LogP) is 6.94. The first-order valence-corrected chi connectivity index (χ1v) is 17.3. The van der Waals surface area contributed by atoms with Crippen molar-refractivity contribution >= 4 is 45.2 Å². The maximum atomic E-state index is 16.9. The minimum absolute atomic E-state index is 0.0243. The average molecular weight is 675 g/mol. The highest BCUT2D eigenvalue weighted by Crippen LogP contribution is 2.42.